The summed E-state index contributed by atoms with van der Waals surface area (Å²) in [5.41, 5.74) is 1.11. The van der Waals surface area contributed by atoms with E-state index in [1.807, 2.05) is 10.9 Å². The summed E-state index contributed by atoms with van der Waals surface area (Å²) in [5, 5.41) is 7.55. The average Bonchev–Trinajstić information content (AvgIpc) is 2.68. The Hall–Kier alpha value is -1.03. The molecular weight excluding hydrogens is 188 g/mol. The van der Waals surface area contributed by atoms with E-state index in [2.05, 4.69) is 42.3 Å². The van der Waals surface area contributed by atoms with Gasteiger partial charge in [0, 0.05) is 19.3 Å². The van der Waals surface area contributed by atoms with Crippen LogP contribution in [0.25, 0.3) is 0 Å². The molecule has 0 bridgehead atoms. The molecule has 1 heterocycles. The van der Waals surface area contributed by atoms with E-state index >= 15 is 0 Å². The van der Waals surface area contributed by atoms with Crippen LogP contribution in [0.3, 0.4) is 0 Å². The lowest BCUT2D eigenvalue weighted by Crippen LogP contribution is -2.27. The van der Waals surface area contributed by atoms with Gasteiger partial charge in [0.25, 0.3) is 0 Å². The van der Waals surface area contributed by atoms with Crippen molar-refractivity contribution in [2.24, 2.45) is 0 Å². The number of hydrogen-bond donors (Lipinski definition) is 1. The van der Waals surface area contributed by atoms with Crippen LogP contribution < -0.4 is 5.32 Å². The highest BCUT2D eigenvalue weighted by Gasteiger charge is 2.00. The molecule has 0 fully saturated rings. The molecule has 0 saturated heterocycles. The van der Waals surface area contributed by atoms with Gasteiger partial charge in [-0.05, 0) is 20.0 Å². The van der Waals surface area contributed by atoms with Crippen LogP contribution in [0.5, 0.6) is 0 Å². The van der Waals surface area contributed by atoms with Crippen LogP contribution in [0, 0.1) is 0 Å². The van der Waals surface area contributed by atoms with Gasteiger partial charge in [0.05, 0.1) is 18.4 Å². The molecule has 4 heteroatoms. The van der Waals surface area contributed by atoms with E-state index in [9.17, 15) is 0 Å². The van der Waals surface area contributed by atoms with Crippen molar-refractivity contribution in [3.63, 3.8) is 0 Å². The van der Waals surface area contributed by atoms with Crippen LogP contribution in [0.1, 0.15) is 20.8 Å². The third-order valence-electron chi connectivity index (χ3n) is 2.55. The van der Waals surface area contributed by atoms with Crippen molar-refractivity contribution < 1.29 is 0 Å². The lowest BCUT2D eigenvalue weighted by Gasteiger charge is -2.17. The van der Waals surface area contributed by atoms with Gasteiger partial charge in [-0.2, -0.15) is 5.10 Å². The molecule has 1 rings (SSSR count). The van der Waals surface area contributed by atoms with Gasteiger partial charge in [0.1, 0.15) is 0 Å². The van der Waals surface area contributed by atoms with E-state index in [1.54, 1.807) is 0 Å². The molecule has 1 N–H and O–H groups in total. The number of anilines is 1. The van der Waals surface area contributed by atoms with Crippen LogP contribution in [0.15, 0.2) is 12.4 Å². The van der Waals surface area contributed by atoms with Gasteiger partial charge in [0.15, 0.2) is 0 Å². The predicted molar refractivity (Wildman–Crippen MR) is 64.2 cm³/mol. The largest absolute Gasteiger partial charge is 0.383 e. The highest BCUT2D eigenvalue weighted by molar-refractivity contribution is 5.37. The van der Waals surface area contributed by atoms with Gasteiger partial charge in [-0.25, -0.2) is 0 Å². The minimum absolute atomic E-state index is 0.946. The highest BCUT2D eigenvalue weighted by Crippen LogP contribution is 2.03. The Labute approximate surface area is 92.3 Å². The molecule has 15 heavy (non-hydrogen) atoms. The van der Waals surface area contributed by atoms with E-state index in [1.165, 1.54) is 0 Å². The lowest BCUT2D eigenvalue weighted by atomic mass is 10.4. The molecule has 0 aliphatic rings. The molecule has 0 aliphatic carbocycles. The zero-order valence-electron chi connectivity index (χ0n) is 10.0. The molecule has 0 spiro atoms. The fraction of sp³-hybridized carbons (Fsp3) is 0.727. The van der Waals surface area contributed by atoms with Gasteiger partial charge in [0.2, 0.25) is 0 Å². The number of nitrogens with one attached hydrogen (secondary N) is 1. The normalized spacial score (nSPS) is 10.9. The number of aromatic nitrogens is 2. The molecular formula is C11H22N4. The molecule has 0 saturated carbocycles. The summed E-state index contributed by atoms with van der Waals surface area (Å²) < 4.78 is 2.00. The molecule has 0 unspecified atom stereocenters. The second-order valence-electron chi connectivity index (χ2n) is 3.55. The second-order valence-corrected chi connectivity index (χ2v) is 3.55. The Balaban J connectivity index is 2.36. The SMILES string of the molecule is CCNc1cnn(CCN(CC)CC)c1. The van der Waals surface area contributed by atoms with Gasteiger partial charge in [-0.3, -0.25) is 4.68 Å². The van der Waals surface area contributed by atoms with E-state index in [0.717, 1.165) is 38.4 Å². The zero-order chi connectivity index (χ0) is 11.1. The van der Waals surface area contributed by atoms with E-state index in [-0.39, 0.29) is 0 Å². The summed E-state index contributed by atoms with van der Waals surface area (Å²) >= 11 is 0. The lowest BCUT2D eigenvalue weighted by molar-refractivity contribution is 0.285. The topological polar surface area (TPSA) is 33.1 Å². The first-order valence-electron chi connectivity index (χ1n) is 5.78. The quantitative estimate of drug-likeness (QED) is 0.743. The van der Waals surface area contributed by atoms with Crippen LogP contribution in [-0.4, -0.2) is 40.9 Å². The maximum atomic E-state index is 4.30. The van der Waals surface area contributed by atoms with E-state index < -0.39 is 0 Å². The highest BCUT2D eigenvalue weighted by atomic mass is 15.3. The van der Waals surface area contributed by atoms with Crippen molar-refractivity contribution in [1.29, 1.82) is 0 Å². The first-order valence-corrected chi connectivity index (χ1v) is 5.78. The van der Waals surface area contributed by atoms with Gasteiger partial charge >= 0.3 is 0 Å². The van der Waals surface area contributed by atoms with Crippen LogP contribution in [-0.2, 0) is 6.54 Å². The van der Waals surface area contributed by atoms with Gasteiger partial charge in [-0.15, -0.1) is 0 Å². The molecule has 0 aliphatic heterocycles. The molecule has 1 aromatic heterocycles. The fourth-order valence-electron chi connectivity index (χ4n) is 1.56. The minimum Gasteiger partial charge on any atom is -0.383 e. The van der Waals surface area contributed by atoms with Crippen molar-refractivity contribution >= 4 is 5.69 Å². The van der Waals surface area contributed by atoms with Crippen molar-refractivity contribution in [2.75, 3.05) is 31.5 Å². The first-order chi connectivity index (χ1) is 7.30. The molecule has 4 nitrogen and oxygen atoms in total. The Bertz CT molecular complexity index is 265. The summed E-state index contributed by atoms with van der Waals surface area (Å²) in [6.45, 7) is 11.7. The number of rotatable bonds is 7. The van der Waals surface area contributed by atoms with E-state index in [4.69, 9.17) is 0 Å². The second kappa shape index (κ2) is 6.45. The molecule has 86 valence electrons. The zero-order valence-corrected chi connectivity index (χ0v) is 10.0. The fourth-order valence-corrected chi connectivity index (χ4v) is 1.56. The Morgan fingerprint density at radius 3 is 2.67 bits per heavy atom. The summed E-state index contributed by atoms with van der Waals surface area (Å²) in [5.74, 6) is 0. The monoisotopic (exact) mass is 210 g/mol. The van der Waals surface area contributed by atoms with Crippen molar-refractivity contribution in [3.8, 4) is 0 Å². The maximum absolute atomic E-state index is 4.30. The first kappa shape index (κ1) is 12.0. The van der Waals surface area contributed by atoms with E-state index in [0.29, 0.717) is 0 Å². The number of hydrogen-bond acceptors (Lipinski definition) is 3. The molecule has 0 atom stereocenters. The Morgan fingerprint density at radius 1 is 1.33 bits per heavy atom. The maximum Gasteiger partial charge on any atom is 0.0726 e. The average molecular weight is 210 g/mol. The van der Waals surface area contributed by atoms with Crippen molar-refractivity contribution in [1.82, 2.24) is 14.7 Å². The standard InChI is InChI=1S/C11H22N4/c1-4-12-11-9-13-15(10-11)8-7-14(5-2)6-3/h9-10,12H,4-8H2,1-3H3. The van der Waals surface area contributed by atoms with Crippen LogP contribution >= 0.6 is 0 Å². The van der Waals surface area contributed by atoms with Gasteiger partial charge < -0.3 is 10.2 Å². The molecule has 0 amide bonds. The summed E-state index contributed by atoms with van der Waals surface area (Å²) in [7, 11) is 0. The number of likely N-dealkylation sites (N-methyl/N-ethyl adjacent to an activating group) is 1. The minimum atomic E-state index is 0.946. The van der Waals surface area contributed by atoms with Gasteiger partial charge in [-0.1, -0.05) is 13.8 Å². The van der Waals surface area contributed by atoms with Crippen LogP contribution in [0.2, 0.25) is 0 Å². The summed E-state index contributed by atoms with van der Waals surface area (Å²) in [6.07, 6.45) is 3.94. The van der Waals surface area contributed by atoms with Crippen molar-refractivity contribution in [3.05, 3.63) is 12.4 Å². The predicted octanol–water partition coefficient (Wildman–Crippen LogP) is 1.66. The Morgan fingerprint density at radius 2 is 2.07 bits per heavy atom. The third kappa shape index (κ3) is 3.91. The smallest absolute Gasteiger partial charge is 0.0726 e. The molecule has 1 aromatic rings. The third-order valence-corrected chi connectivity index (χ3v) is 2.55. The number of nitrogens with zero attached hydrogens (tertiary/aromatic N) is 3. The summed E-state index contributed by atoms with van der Waals surface area (Å²) in [4.78, 5) is 2.40. The Kier molecular flexibility index (Phi) is 5.18. The van der Waals surface area contributed by atoms with Crippen LogP contribution in [0.4, 0.5) is 5.69 Å². The van der Waals surface area contributed by atoms with Crippen molar-refractivity contribution in [2.45, 2.75) is 27.3 Å². The molecule has 0 aromatic carbocycles. The summed E-state index contributed by atoms with van der Waals surface area (Å²) in [6, 6.07) is 0. The molecule has 0 radical (unpaired) electrons.